The van der Waals surface area contributed by atoms with Crippen molar-refractivity contribution < 1.29 is 13.2 Å². The van der Waals surface area contributed by atoms with Gasteiger partial charge in [0.2, 0.25) is 10.0 Å². The minimum absolute atomic E-state index is 0.342. The Morgan fingerprint density at radius 3 is 2.29 bits per heavy atom. The topological polar surface area (TPSA) is 72.6 Å². The van der Waals surface area contributed by atoms with Gasteiger partial charge in [-0.2, -0.15) is 0 Å². The summed E-state index contributed by atoms with van der Waals surface area (Å²) in [5, 5.41) is 4.71. The average molecular weight is 220 g/mol. The number of hydrogen-bond donors (Lipinski definition) is 1. The van der Waals surface area contributed by atoms with Crippen LogP contribution in [0.1, 0.15) is 12.8 Å². The summed E-state index contributed by atoms with van der Waals surface area (Å²) in [6, 6.07) is 0.502. The van der Waals surface area contributed by atoms with E-state index in [9.17, 15) is 8.42 Å². The molecule has 82 valence electrons. The van der Waals surface area contributed by atoms with Crippen molar-refractivity contribution in [2.24, 2.45) is 5.14 Å². The zero-order valence-corrected chi connectivity index (χ0v) is 8.87. The van der Waals surface area contributed by atoms with E-state index in [2.05, 4.69) is 4.90 Å². The molecule has 5 nitrogen and oxygen atoms in total. The molecule has 0 aromatic carbocycles. The van der Waals surface area contributed by atoms with E-state index in [0.29, 0.717) is 19.1 Å². The van der Waals surface area contributed by atoms with E-state index < -0.39 is 10.0 Å². The van der Waals surface area contributed by atoms with Crippen LogP contribution in [0.2, 0.25) is 0 Å². The van der Waals surface area contributed by atoms with Crippen molar-refractivity contribution >= 4 is 10.0 Å². The number of hydrogen-bond acceptors (Lipinski definition) is 4. The summed E-state index contributed by atoms with van der Waals surface area (Å²) in [5.41, 5.74) is 0. The van der Waals surface area contributed by atoms with Gasteiger partial charge in [0.15, 0.2) is 0 Å². The molecule has 2 rings (SSSR count). The standard InChI is InChI=1S/C8H16N2O3S/c9-14(11,12)8-5-10(6-8)7-1-3-13-4-2-7/h7-8H,1-6H2,(H2,9,11,12). The Morgan fingerprint density at radius 1 is 1.21 bits per heavy atom. The summed E-state index contributed by atoms with van der Waals surface area (Å²) >= 11 is 0. The highest BCUT2D eigenvalue weighted by Gasteiger charge is 2.38. The summed E-state index contributed by atoms with van der Waals surface area (Å²) in [6.07, 6.45) is 2.02. The van der Waals surface area contributed by atoms with Gasteiger partial charge in [-0.05, 0) is 12.8 Å². The molecule has 0 spiro atoms. The number of sulfonamides is 1. The highest BCUT2D eigenvalue weighted by atomic mass is 32.2. The van der Waals surface area contributed by atoms with Gasteiger partial charge in [-0.15, -0.1) is 0 Å². The van der Waals surface area contributed by atoms with Crippen molar-refractivity contribution in [1.82, 2.24) is 4.90 Å². The summed E-state index contributed by atoms with van der Waals surface area (Å²) in [6.45, 7) is 2.79. The Morgan fingerprint density at radius 2 is 1.79 bits per heavy atom. The average Bonchev–Trinajstić information content (AvgIpc) is 2.00. The second kappa shape index (κ2) is 3.77. The molecule has 0 aromatic rings. The molecular formula is C8H16N2O3S. The molecule has 0 unspecified atom stereocenters. The van der Waals surface area contributed by atoms with Gasteiger partial charge in [-0.3, -0.25) is 4.90 Å². The molecule has 6 heteroatoms. The normalized spacial score (nSPS) is 27.5. The summed E-state index contributed by atoms with van der Waals surface area (Å²) in [7, 11) is -3.31. The number of nitrogens with zero attached hydrogens (tertiary/aromatic N) is 1. The van der Waals surface area contributed by atoms with E-state index in [4.69, 9.17) is 9.88 Å². The quantitative estimate of drug-likeness (QED) is 0.657. The molecule has 2 aliphatic heterocycles. The molecule has 2 heterocycles. The van der Waals surface area contributed by atoms with Gasteiger partial charge >= 0.3 is 0 Å². The monoisotopic (exact) mass is 220 g/mol. The first-order valence-electron chi connectivity index (χ1n) is 4.91. The molecule has 0 bridgehead atoms. The summed E-state index contributed by atoms with van der Waals surface area (Å²) < 4.78 is 27.2. The fourth-order valence-corrected chi connectivity index (χ4v) is 2.82. The lowest BCUT2D eigenvalue weighted by Gasteiger charge is -2.44. The van der Waals surface area contributed by atoms with Gasteiger partial charge in [0, 0.05) is 32.3 Å². The Labute approximate surface area is 84.3 Å². The van der Waals surface area contributed by atoms with E-state index in [1.54, 1.807) is 0 Å². The van der Waals surface area contributed by atoms with Crippen LogP contribution in [-0.2, 0) is 14.8 Å². The van der Waals surface area contributed by atoms with Crippen molar-refractivity contribution in [2.75, 3.05) is 26.3 Å². The van der Waals surface area contributed by atoms with Crippen molar-refractivity contribution in [1.29, 1.82) is 0 Å². The predicted molar refractivity (Wildman–Crippen MR) is 52.3 cm³/mol. The largest absolute Gasteiger partial charge is 0.381 e. The molecule has 2 N–H and O–H groups in total. The molecule has 0 radical (unpaired) electrons. The zero-order valence-electron chi connectivity index (χ0n) is 8.05. The molecule has 2 fully saturated rings. The van der Waals surface area contributed by atoms with Gasteiger partial charge < -0.3 is 4.74 Å². The third-order valence-electron chi connectivity index (χ3n) is 3.05. The number of rotatable bonds is 2. The minimum atomic E-state index is -3.31. The van der Waals surface area contributed by atoms with Crippen LogP contribution < -0.4 is 5.14 Å². The Kier molecular flexibility index (Phi) is 2.79. The third-order valence-corrected chi connectivity index (χ3v) is 4.28. The van der Waals surface area contributed by atoms with Crippen LogP contribution in [0.5, 0.6) is 0 Å². The van der Waals surface area contributed by atoms with E-state index >= 15 is 0 Å². The second-order valence-corrected chi connectivity index (χ2v) is 5.85. The van der Waals surface area contributed by atoms with Gasteiger partial charge in [0.25, 0.3) is 0 Å². The molecular weight excluding hydrogens is 204 g/mol. The highest BCUT2D eigenvalue weighted by molar-refractivity contribution is 7.89. The SMILES string of the molecule is NS(=O)(=O)C1CN(C2CCOCC2)C1. The maximum absolute atomic E-state index is 11.0. The van der Waals surface area contributed by atoms with Gasteiger partial charge in [-0.25, -0.2) is 13.6 Å². The first-order chi connectivity index (χ1) is 6.57. The lowest BCUT2D eigenvalue weighted by Crippen LogP contribution is -2.60. The van der Waals surface area contributed by atoms with Gasteiger partial charge in [0.1, 0.15) is 5.25 Å². The second-order valence-electron chi connectivity index (χ2n) is 4.01. The molecule has 0 aromatic heterocycles. The van der Waals surface area contributed by atoms with Crippen LogP contribution in [0.3, 0.4) is 0 Å². The van der Waals surface area contributed by atoms with E-state index in [1.807, 2.05) is 0 Å². The Balaban J connectivity index is 1.82. The molecule has 0 saturated carbocycles. The molecule has 0 aliphatic carbocycles. The lowest BCUT2D eigenvalue weighted by atomic mass is 10.0. The zero-order chi connectivity index (χ0) is 10.2. The van der Waals surface area contributed by atoms with E-state index in [1.165, 1.54) is 0 Å². The lowest BCUT2D eigenvalue weighted by molar-refractivity contribution is 0.0124. The van der Waals surface area contributed by atoms with Gasteiger partial charge in [0.05, 0.1) is 0 Å². The van der Waals surface area contributed by atoms with Crippen LogP contribution in [0, 0.1) is 0 Å². The van der Waals surface area contributed by atoms with Crippen LogP contribution in [0.15, 0.2) is 0 Å². The van der Waals surface area contributed by atoms with Crippen molar-refractivity contribution in [2.45, 2.75) is 24.1 Å². The van der Waals surface area contributed by atoms with Crippen molar-refractivity contribution in [3.05, 3.63) is 0 Å². The van der Waals surface area contributed by atoms with Crippen molar-refractivity contribution in [3.63, 3.8) is 0 Å². The molecule has 0 atom stereocenters. The van der Waals surface area contributed by atoms with Crippen LogP contribution in [0.25, 0.3) is 0 Å². The Bertz CT molecular complexity index is 292. The smallest absolute Gasteiger partial charge is 0.214 e. The molecule has 2 aliphatic rings. The predicted octanol–water partition coefficient (Wildman–Crippen LogP) is -0.862. The number of ether oxygens (including phenoxy) is 1. The number of likely N-dealkylation sites (tertiary alicyclic amines) is 1. The van der Waals surface area contributed by atoms with E-state index in [0.717, 1.165) is 26.1 Å². The molecule has 2 saturated heterocycles. The summed E-state index contributed by atoms with van der Waals surface area (Å²) in [5.74, 6) is 0. The van der Waals surface area contributed by atoms with Crippen LogP contribution in [-0.4, -0.2) is 50.9 Å². The van der Waals surface area contributed by atoms with Gasteiger partial charge in [-0.1, -0.05) is 0 Å². The number of nitrogens with two attached hydrogens (primary N) is 1. The minimum Gasteiger partial charge on any atom is -0.381 e. The first kappa shape index (κ1) is 10.4. The fraction of sp³-hybridized carbons (Fsp3) is 1.00. The Hall–Kier alpha value is -0.170. The molecule has 14 heavy (non-hydrogen) atoms. The highest BCUT2D eigenvalue weighted by Crippen LogP contribution is 2.22. The third kappa shape index (κ3) is 2.08. The van der Waals surface area contributed by atoms with Crippen molar-refractivity contribution in [3.8, 4) is 0 Å². The van der Waals surface area contributed by atoms with Crippen LogP contribution >= 0.6 is 0 Å². The van der Waals surface area contributed by atoms with E-state index in [-0.39, 0.29) is 5.25 Å². The fourth-order valence-electron chi connectivity index (χ4n) is 2.03. The summed E-state index contributed by atoms with van der Waals surface area (Å²) in [4.78, 5) is 2.19. The molecule has 0 amide bonds. The maximum atomic E-state index is 11.0. The van der Waals surface area contributed by atoms with Crippen LogP contribution in [0.4, 0.5) is 0 Å². The maximum Gasteiger partial charge on any atom is 0.214 e. The number of primary sulfonamides is 1. The first-order valence-corrected chi connectivity index (χ1v) is 6.52.